The zero-order chi connectivity index (χ0) is 20.3. The maximum atomic E-state index is 12.2. The van der Waals surface area contributed by atoms with Crippen LogP contribution in [0.15, 0.2) is 30.5 Å². The summed E-state index contributed by atoms with van der Waals surface area (Å²) in [6.45, 7) is 7.70. The normalized spacial score (nSPS) is 16.1. The van der Waals surface area contributed by atoms with Crippen molar-refractivity contribution in [3.05, 3.63) is 45.6 Å². The van der Waals surface area contributed by atoms with Crippen molar-refractivity contribution in [3.8, 4) is 10.4 Å². The fourth-order valence-corrected chi connectivity index (χ4v) is 4.57. The van der Waals surface area contributed by atoms with Crippen molar-refractivity contribution in [3.63, 3.8) is 0 Å². The van der Waals surface area contributed by atoms with E-state index in [-0.39, 0.29) is 11.7 Å². The first-order valence-corrected chi connectivity index (χ1v) is 10.3. The molecule has 0 radical (unpaired) electrons. The Morgan fingerprint density at radius 3 is 2.54 bits per heavy atom. The Balaban J connectivity index is 1.64. The van der Waals surface area contributed by atoms with E-state index in [0.29, 0.717) is 12.5 Å². The molecule has 0 unspecified atom stereocenters. The largest absolute Gasteiger partial charge is 0.465 e. The van der Waals surface area contributed by atoms with Crippen LogP contribution in [0.4, 0.5) is 5.69 Å². The third kappa shape index (κ3) is 4.23. The Bertz CT molecular complexity index is 839. The molecule has 1 aliphatic heterocycles. The number of rotatable bonds is 6. The number of hydrogen-bond acceptors (Lipinski definition) is 7. The summed E-state index contributed by atoms with van der Waals surface area (Å²) in [6.07, 6.45) is 3.72. The van der Waals surface area contributed by atoms with Crippen LogP contribution in [0.3, 0.4) is 0 Å². The highest BCUT2D eigenvalue weighted by molar-refractivity contribution is 7.15. The van der Waals surface area contributed by atoms with Crippen LogP contribution in [0.2, 0.25) is 0 Å². The van der Waals surface area contributed by atoms with Crippen LogP contribution in [-0.2, 0) is 9.53 Å². The highest BCUT2D eigenvalue weighted by atomic mass is 32.1. The van der Waals surface area contributed by atoms with Crippen molar-refractivity contribution < 1.29 is 14.5 Å². The summed E-state index contributed by atoms with van der Waals surface area (Å²) in [6, 6.07) is 6.56. The number of esters is 1. The summed E-state index contributed by atoms with van der Waals surface area (Å²) in [4.78, 5) is 30.4. The monoisotopic (exact) mass is 403 g/mol. The molecule has 3 rings (SSSR count). The molecule has 7 nitrogen and oxygen atoms in total. The van der Waals surface area contributed by atoms with Crippen molar-refractivity contribution in [2.45, 2.75) is 45.1 Å². The van der Waals surface area contributed by atoms with Gasteiger partial charge < -0.3 is 4.74 Å². The van der Waals surface area contributed by atoms with Crippen molar-refractivity contribution in [2.75, 3.05) is 19.7 Å². The number of aromatic nitrogens is 1. The van der Waals surface area contributed by atoms with Crippen LogP contribution in [0.1, 0.15) is 44.5 Å². The van der Waals surface area contributed by atoms with Crippen LogP contribution >= 0.6 is 11.3 Å². The van der Waals surface area contributed by atoms with Crippen LogP contribution in [0.25, 0.3) is 10.4 Å². The molecule has 1 saturated heterocycles. The van der Waals surface area contributed by atoms with Crippen LogP contribution in [-0.4, -0.2) is 46.0 Å². The molecule has 150 valence electrons. The van der Waals surface area contributed by atoms with Crippen molar-refractivity contribution >= 4 is 23.0 Å². The SMILES string of the molecule is CCOC(=O)C(C)(C)N1CCC(c2ncc(-c3ccc([N+](=O)[O-])cc3)s2)CC1. The molecule has 0 bridgehead atoms. The van der Waals surface area contributed by atoms with Gasteiger partial charge in [0.15, 0.2) is 0 Å². The van der Waals surface area contributed by atoms with Gasteiger partial charge in [-0.2, -0.15) is 0 Å². The number of likely N-dealkylation sites (tertiary alicyclic amines) is 1. The van der Waals surface area contributed by atoms with Gasteiger partial charge in [0.25, 0.3) is 5.69 Å². The van der Waals surface area contributed by atoms with E-state index in [4.69, 9.17) is 4.74 Å². The maximum Gasteiger partial charge on any atom is 0.325 e. The van der Waals surface area contributed by atoms with E-state index in [9.17, 15) is 14.9 Å². The number of thiazole rings is 1. The maximum absolute atomic E-state index is 12.2. The molecule has 8 heteroatoms. The van der Waals surface area contributed by atoms with Gasteiger partial charge in [0.05, 0.1) is 21.4 Å². The summed E-state index contributed by atoms with van der Waals surface area (Å²) in [5.41, 5.74) is 0.411. The summed E-state index contributed by atoms with van der Waals surface area (Å²) < 4.78 is 5.21. The van der Waals surface area contributed by atoms with Gasteiger partial charge in [-0.1, -0.05) is 0 Å². The molecule has 2 heterocycles. The molecule has 2 aromatic rings. The Morgan fingerprint density at radius 2 is 1.96 bits per heavy atom. The molecular formula is C20H25N3O4S. The van der Waals surface area contributed by atoms with E-state index < -0.39 is 10.5 Å². The van der Waals surface area contributed by atoms with Crippen LogP contribution < -0.4 is 0 Å². The number of carbonyl (C=O) groups excluding carboxylic acids is 1. The molecule has 0 atom stereocenters. The minimum absolute atomic E-state index is 0.0880. The minimum Gasteiger partial charge on any atom is -0.465 e. The third-order valence-corrected chi connectivity index (χ3v) is 6.50. The number of nitro groups is 1. The third-order valence-electron chi connectivity index (χ3n) is 5.30. The number of carbonyl (C=O) groups is 1. The number of nitro benzene ring substituents is 1. The van der Waals surface area contributed by atoms with Gasteiger partial charge >= 0.3 is 5.97 Å². The molecule has 1 aromatic carbocycles. The van der Waals surface area contributed by atoms with E-state index in [1.54, 1.807) is 23.5 Å². The summed E-state index contributed by atoms with van der Waals surface area (Å²) >= 11 is 1.64. The molecule has 1 fully saturated rings. The second-order valence-corrected chi connectivity index (χ2v) is 8.47. The summed E-state index contributed by atoms with van der Waals surface area (Å²) in [5, 5.41) is 11.9. The predicted octanol–water partition coefficient (Wildman–Crippen LogP) is 4.24. The van der Waals surface area contributed by atoms with Gasteiger partial charge in [-0.3, -0.25) is 19.8 Å². The highest BCUT2D eigenvalue weighted by Gasteiger charge is 2.38. The van der Waals surface area contributed by atoms with E-state index in [2.05, 4.69) is 9.88 Å². The van der Waals surface area contributed by atoms with Gasteiger partial charge in [0, 0.05) is 24.2 Å². The zero-order valence-electron chi connectivity index (χ0n) is 16.4. The van der Waals surface area contributed by atoms with Crippen LogP contribution in [0.5, 0.6) is 0 Å². The quantitative estimate of drug-likeness (QED) is 0.407. The fraction of sp³-hybridized carbons (Fsp3) is 0.500. The van der Waals surface area contributed by atoms with Gasteiger partial charge in [0.2, 0.25) is 0 Å². The number of ether oxygens (including phenoxy) is 1. The number of benzene rings is 1. The van der Waals surface area contributed by atoms with E-state index >= 15 is 0 Å². The number of nitrogens with zero attached hydrogens (tertiary/aromatic N) is 3. The molecule has 0 aliphatic carbocycles. The lowest BCUT2D eigenvalue weighted by atomic mass is 9.92. The Morgan fingerprint density at radius 1 is 1.32 bits per heavy atom. The molecule has 1 aliphatic rings. The predicted molar refractivity (Wildman–Crippen MR) is 108 cm³/mol. The average Bonchev–Trinajstić information content (AvgIpc) is 3.18. The number of piperidine rings is 1. The second kappa shape index (κ2) is 8.36. The smallest absolute Gasteiger partial charge is 0.325 e. The first-order valence-electron chi connectivity index (χ1n) is 9.45. The molecule has 0 N–H and O–H groups in total. The lowest BCUT2D eigenvalue weighted by Crippen LogP contribution is -2.53. The summed E-state index contributed by atoms with van der Waals surface area (Å²) in [7, 11) is 0. The molecule has 0 amide bonds. The number of hydrogen-bond donors (Lipinski definition) is 0. The topological polar surface area (TPSA) is 85.6 Å². The van der Waals surface area contributed by atoms with E-state index in [0.717, 1.165) is 41.4 Å². The summed E-state index contributed by atoms with van der Waals surface area (Å²) in [5.74, 6) is 0.189. The van der Waals surface area contributed by atoms with Crippen molar-refractivity contribution in [2.24, 2.45) is 0 Å². The van der Waals surface area contributed by atoms with Gasteiger partial charge in [-0.05, 0) is 64.4 Å². The Kier molecular flexibility index (Phi) is 6.10. The lowest BCUT2D eigenvalue weighted by molar-refractivity contribution is -0.384. The zero-order valence-corrected chi connectivity index (χ0v) is 17.2. The van der Waals surface area contributed by atoms with E-state index in [1.807, 2.05) is 27.0 Å². The Hall–Kier alpha value is -2.32. The molecular weight excluding hydrogens is 378 g/mol. The van der Waals surface area contributed by atoms with Gasteiger partial charge in [0.1, 0.15) is 5.54 Å². The number of non-ortho nitro benzene ring substituents is 1. The molecule has 1 aromatic heterocycles. The molecule has 0 saturated carbocycles. The lowest BCUT2D eigenvalue weighted by Gasteiger charge is -2.40. The Labute approximate surface area is 168 Å². The molecule has 0 spiro atoms. The van der Waals surface area contributed by atoms with Crippen molar-refractivity contribution in [1.29, 1.82) is 0 Å². The van der Waals surface area contributed by atoms with E-state index in [1.165, 1.54) is 12.1 Å². The average molecular weight is 404 g/mol. The first-order chi connectivity index (χ1) is 13.3. The van der Waals surface area contributed by atoms with Gasteiger partial charge in [-0.25, -0.2) is 4.98 Å². The second-order valence-electron chi connectivity index (χ2n) is 7.41. The van der Waals surface area contributed by atoms with Gasteiger partial charge in [-0.15, -0.1) is 11.3 Å². The molecule has 28 heavy (non-hydrogen) atoms. The van der Waals surface area contributed by atoms with Crippen LogP contribution in [0, 0.1) is 10.1 Å². The highest BCUT2D eigenvalue weighted by Crippen LogP contribution is 2.36. The van der Waals surface area contributed by atoms with Crippen molar-refractivity contribution in [1.82, 2.24) is 9.88 Å². The standard InChI is InChI=1S/C20H25N3O4S/c1-4-27-19(24)20(2,3)22-11-9-15(10-12-22)18-21-13-17(28-18)14-5-7-16(8-6-14)23(25)26/h5-8,13,15H,4,9-12H2,1-3H3. The fourth-order valence-electron chi connectivity index (χ4n) is 3.48. The minimum atomic E-state index is -0.617. The first kappa shape index (κ1) is 20.4.